The Bertz CT molecular complexity index is 335. The van der Waals surface area contributed by atoms with Crippen LogP contribution in [0.25, 0.3) is 0 Å². The minimum absolute atomic E-state index is 0. The van der Waals surface area contributed by atoms with E-state index in [4.69, 9.17) is 16.6 Å². The molecule has 0 aromatic heterocycles. The van der Waals surface area contributed by atoms with Crippen molar-refractivity contribution >= 4 is 61.6 Å². The zero-order chi connectivity index (χ0) is 16.3. The van der Waals surface area contributed by atoms with Crippen LogP contribution >= 0.6 is 0 Å². The van der Waals surface area contributed by atoms with Crippen LogP contribution in [0, 0.1) is 0 Å². The fourth-order valence-electron chi connectivity index (χ4n) is 0.788. The van der Waals surface area contributed by atoms with Gasteiger partial charge in [-0.25, -0.2) is 0 Å². The van der Waals surface area contributed by atoms with Crippen LogP contribution in [0.15, 0.2) is 0 Å². The van der Waals surface area contributed by atoms with Crippen LogP contribution in [0.5, 0.6) is 0 Å². The first-order chi connectivity index (χ1) is 9.07. The number of carbonyl (C=O) groups excluding carboxylic acids is 3. The van der Waals surface area contributed by atoms with Crippen molar-refractivity contribution in [2.45, 2.75) is 37.8 Å². The molecular weight excluding hydrogens is 339 g/mol. The molecule has 0 saturated heterocycles. The Labute approximate surface area is 178 Å². The van der Waals surface area contributed by atoms with E-state index in [2.05, 4.69) is 0 Å². The van der Waals surface area contributed by atoms with Crippen molar-refractivity contribution in [3.63, 3.8) is 0 Å². The van der Waals surface area contributed by atoms with E-state index in [0.717, 1.165) is 0 Å². The molecular formula is C10H15CaN2NaO8. The van der Waals surface area contributed by atoms with E-state index in [1.54, 1.807) is 0 Å². The van der Waals surface area contributed by atoms with Crippen LogP contribution < -0.4 is 56.3 Å². The van der Waals surface area contributed by atoms with Gasteiger partial charge >= 0.3 is 73.3 Å². The first-order valence-electron chi connectivity index (χ1n) is 5.42. The zero-order valence-corrected chi connectivity index (χ0v) is 16.4. The summed E-state index contributed by atoms with van der Waals surface area (Å²) in [6.07, 6.45) is -0.827. The van der Waals surface area contributed by atoms with Gasteiger partial charge in [0.1, 0.15) is 0 Å². The van der Waals surface area contributed by atoms with Crippen LogP contribution in [0.2, 0.25) is 0 Å². The molecule has 0 aliphatic heterocycles. The minimum atomic E-state index is -1.44. The van der Waals surface area contributed by atoms with Gasteiger partial charge in [-0.2, -0.15) is 0 Å². The van der Waals surface area contributed by atoms with Crippen molar-refractivity contribution in [3.8, 4) is 0 Å². The molecule has 2 atom stereocenters. The Morgan fingerprint density at radius 2 is 1.18 bits per heavy atom. The van der Waals surface area contributed by atoms with Crippen LogP contribution in [0.4, 0.5) is 0 Å². The molecule has 116 valence electrons. The molecule has 10 nitrogen and oxygen atoms in total. The monoisotopic (exact) mass is 354 g/mol. The predicted molar refractivity (Wildman–Crippen MR) is 62.8 cm³/mol. The van der Waals surface area contributed by atoms with Gasteiger partial charge in [-0.15, -0.1) is 0 Å². The van der Waals surface area contributed by atoms with Gasteiger partial charge in [-0.05, 0) is 19.3 Å². The van der Waals surface area contributed by atoms with E-state index in [0.29, 0.717) is 0 Å². The molecule has 22 heavy (non-hydrogen) atoms. The summed E-state index contributed by atoms with van der Waals surface area (Å²) in [5.41, 5.74) is 9.85. The average molecular weight is 354 g/mol. The Balaban J connectivity index is -0.000000135. The summed E-state index contributed by atoms with van der Waals surface area (Å²) < 4.78 is 0. The molecule has 0 fully saturated rings. The number of carboxylic acid groups (broad SMARTS) is 4. The van der Waals surface area contributed by atoms with Gasteiger partial charge in [0.25, 0.3) is 0 Å². The Morgan fingerprint density at radius 3 is 1.41 bits per heavy atom. The van der Waals surface area contributed by atoms with Crippen LogP contribution in [-0.4, -0.2) is 78.8 Å². The number of hydrogen-bond donors (Lipinski definition) is 3. The third-order valence-corrected chi connectivity index (χ3v) is 1.93. The van der Waals surface area contributed by atoms with E-state index in [1.165, 1.54) is 0 Å². The summed E-state index contributed by atoms with van der Waals surface area (Å²) in [5, 5.41) is 37.6. The second-order valence-electron chi connectivity index (χ2n) is 3.69. The quantitative estimate of drug-likeness (QED) is 0.350. The number of hydrogen-bond acceptors (Lipinski definition) is 9. The van der Waals surface area contributed by atoms with Crippen molar-refractivity contribution < 1.29 is 69.2 Å². The molecule has 0 spiro atoms. The van der Waals surface area contributed by atoms with Gasteiger partial charge in [0, 0.05) is 24.5 Å². The molecule has 0 saturated carbocycles. The fourth-order valence-corrected chi connectivity index (χ4v) is 0.788. The zero-order valence-electron chi connectivity index (χ0n) is 12.1. The largest absolute Gasteiger partial charge is 2.00 e. The molecule has 0 radical (unpaired) electrons. The van der Waals surface area contributed by atoms with Crippen molar-refractivity contribution in [2.24, 2.45) is 11.5 Å². The predicted octanol–water partition coefficient (Wildman–Crippen LogP) is -8.85. The van der Waals surface area contributed by atoms with E-state index < -0.39 is 36.0 Å². The van der Waals surface area contributed by atoms with Crippen LogP contribution in [0.1, 0.15) is 25.7 Å². The van der Waals surface area contributed by atoms with Gasteiger partial charge in [0.2, 0.25) is 0 Å². The Hall–Kier alpha value is 0.0597. The van der Waals surface area contributed by atoms with Gasteiger partial charge in [-0.3, -0.25) is 4.79 Å². The summed E-state index contributed by atoms with van der Waals surface area (Å²) >= 11 is 0. The Morgan fingerprint density at radius 1 is 0.864 bits per heavy atom. The maximum Gasteiger partial charge on any atom is 2.00 e. The van der Waals surface area contributed by atoms with Gasteiger partial charge < -0.3 is 46.3 Å². The summed E-state index contributed by atoms with van der Waals surface area (Å²) in [7, 11) is 0. The molecule has 0 aliphatic carbocycles. The second-order valence-corrected chi connectivity index (χ2v) is 3.69. The summed E-state index contributed by atoms with van der Waals surface area (Å²) in [5.74, 6) is -5.23. The third-order valence-electron chi connectivity index (χ3n) is 1.93. The van der Waals surface area contributed by atoms with Gasteiger partial charge in [-0.1, -0.05) is 0 Å². The first kappa shape index (κ1) is 30.0. The number of nitrogens with two attached hydrogens (primary N) is 2. The molecule has 0 aromatic carbocycles. The van der Waals surface area contributed by atoms with Crippen LogP contribution in [0.3, 0.4) is 0 Å². The van der Waals surface area contributed by atoms with Crippen molar-refractivity contribution in [2.75, 3.05) is 0 Å². The summed E-state index contributed by atoms with van der Waals surface area (Å²) in [4.78, 5) is 39.3. The average Bonchev–Trinajstić information content (AvgIpc) is 2.33. The SMILES string of the molecule is N[C@@H](CCC(=O)O)C(=O)[O-].N[C@@H](CCC(=O)[O-])C(=O)[O-].[Ca+2].[Na+]. The van der Waals surface area contributed by atoms with E-state index in [1.807, 2.05) is 0 Å². The molecule has 5 N–H and O–H groups in total. The van der Waals surface area contributed by atoms with E-state index >= 15 is 0 Å². The number of rotatable bonds is 8. The third kappa shape index (κ3) is 22.3. The van der Waals surface area contributed by atoms with Crippen molar-refractivity contribution in [3.05, 3.63) is 0 Å². The normalized spacial score (nSPS) is 11.4. The van der Waals surface area contributed by atoms with Gasteiger partial charge in [0.15, 0.2) is 0 Å². The standard InChI is InChI=1S/2C5H9NO4.Ca.Na/c2*6-3(5(9)10)1-2-4(7)8;;/h2*3H,1-2,6H2,(H,7,8)(H,9,10);;/q;;+2;+1/p-3/t2*3-;;/m00../s1. The maximum absolute atomic E-state index is 9.88. The fraction of sp³-hybridized carbons (Fsp3) is 0.600. The molecule has 0 aliphatic rings. The van der Waals surface area contributed by atoms with Crippen LogP contribution in [-0.2, 0) is 19.2 Å². The van der Waals surface area contributed by atoms with Crippen molar-refractivity contribution in [1.29, 1.82) is 0 Å². The summed E-state index contributed by atoms with van der Waals surface area (Å²) in [6, 6.07) is -2.38. The topological polar surface area (TPSA) is 210 Å². The van der Waals surface area contributed by atoms with Gasteiger partial charge in [0.05, 0.1) is 11.9 Å². The number of carbonyl (C=O) groups is 4. The van der Waals surface area contributed by atoms with E-state index in [-0.39, 0.29) is 93.0 Å². The Kier molecular flexibility index (Phi) is 23.7. The number of aliphatic carboxylic acids is 4. The molecule has 0 bridgehead atoms. The summed E-state index contributed by atoms with van der Waals surface area (Å²) in [6.45, 7) is 0. The minimum Gasteiger partial charge on any atom is -0.550 e. The first-order valence-corrected chi connectivity index (χ1v) is 5.42. The molecule has 0 aromatic rings. The van der Waals surface area contributed by atoms with E-state index in [9.17, 15) is 34.5 Å². The molecule has 0 rings (SSSR count). The smallest absolute Gasteiger partial charge is 0.550 e. The molecule has 0 heterocycles. The second kappa shape index (κ2) is 17.4. The molecule has 0 unspecified atom stereocenters. The van der Waals surface area contributed by atoms with Crippen molar-refractivity contribution in [1.82, 2.24) is 0 Å². The molecule has 12 heteroatoms. The maximum atomic E-state index is 9.88. The number of carboxylic acids is 4. The molecule has 0 amide bonds.